The molecular formula is C16H22FN5O3S. The number of hydrogen-bond acceptors (Lipinski definition) is 5. The molecular weight excluding hydrogens is 361 g/mol. The summed E-state index contributed by atoms with van der Waals surface area (Å²) in [6.07, 6.45) is 3.56. The number of nitrogens with zero attached hydrogens (tertiary/aromatic N) is 4. The molecule has 0 bridgehead atoms. The van der Waals surface area contributed by atoms with Gasteiger partial charge in [-0.3, -0.25) is 9.48 Å². The number of nitrogens with one attached hydrogen (secondary N) is 1. The molecule has 0 saturated carbocycles. The second-order valence-corrected chi connectivity index (χ2v) is 8.02. The van der Waals surface area contributed by atoms with Crippen LogP contribution in [0.25, 0.3) is 0 Å². The number of hydrogen-bond donors (Lipinski definition) is 1. The van der Waals surface area contributed by atoms with Crippen LogP contribution in [0.5, 0.6) is 0 Å². The molecule has 1 heterocycles. The Labute approximate surface area is 152 Å². The topological polar surface area (TPSA) is 97.2 Å². The van der Waals surface area contributed by atoms with E-state index in [9.17, 15) is 17.6 Å². The predicted octanol–water partition coefficient (Wildman–Crippen LogP) is 1.02. The Morgan fingerprint density at radius 3 is 2.65 bits per heavy atom. The maximum absolute atomic E-state index is 12.9. The molecule has 2 rings (SSSR count). The Balaban J connectivity index is 1.77. The van der Waals surface area contributed by atoms with Crippen LogP contribution in [0.1, 0.15) is 19.8 Å². The predicted molar refractivity (Wildman–Crippen MR) is 93.1 cm³/mol. The van der Waals surface area contributed by atoms with Gasteiger partial charge in [0, 0.05) is 26.1 Å². The van der Waals surface area contributed by atoms with E-state index >= 15 is 0 Å². The number of rotatable bonds is 9. The largest absolute Gasteiger partial charge is 0.352 e. The van der Waals surface area contributed by atoms with Crippen molar-refractivity contribution in [3.63, 3.8) is 0 Å². The molecule has 1 unspecified atom stereocenters. The fourth-order valence-electron chi connectivity index (χ4n) is 2.37. The number of amides is 1. The van der Waals surface area contributed by atoms with E-state index in [1.54, 1.807) is 11.0 Å². The van der Waals surface area contributed by atoms with Gasteiger partial charge in [0.2, 0.25) is 15.9 Å². The zero-order valence-corrected chi connectivity index (χ0v) is 15.5. The first kappa shape index (κ1) is 20.0. The number of carbonyl (C=O) groups is 1. The number of carbonyl (C=O) groups excluding carboxylic acids is 1. The molecule has 0 saturated heterocycles. The molecule has 1 N–H and O–H groups in total. The highest BCUT2D eigenvalue weighted by molar-refractivity contribution is 7.89. The highest BCUT2D eigenvalue weighted by Crippen LogP contribution is 2.15. The summed E-state index contributed by atoms with van der Waals surface area (Å²) in [5.41, 5.74) is 0. The van der Waals surface area contributed by atoms with E-state index in [-0.39, 0.29) is 29.8 Å². The Hall–Kier alpha value is -2.33. The lowest BCUT2D eigenvalue weighted by Gasteiger charge is -2.18. The number of halogens is 1. The summed E-state index contributed by atoms with van der Waals surface area (Å²) in [5, 5.41) is 6.80. The van der Waals surface area contributed by atoms with E-state index in [1.165, 1.54) is 25.5 Å². The van der Waals surface area contributed by atoms with Gasteiger partial charge >= 0.3 is 0 Å². The summed E-state index contributed by atoms with van der Waals surface area (Å²) in [5.74, 6) is -0.659. The molecule has 0 aliphatic rings. The number of aromatic nitrogens is 3. The quantitative estimate of drug-likeness (QED) is 0.697. The SMILES string of the molecule is CC(Cn1cncn1)NC(=O)CCCN(C)S(=O)(=O)c1ccc(F)cc1. The van der Waals surface area contributed by atoms with Crippen molar-refractivity contribution in [2.24, 2.45) is 0 Å². The van der Waals surface area contributed by atoms with Gasteiger partial charge in [0.25, 0.3) is 0 Å². The molecule has 8 nitrogen and oxygen atoms in total. The van der Waals surface area contributed by atoms with Crippen molar-refractivity contribution in [3.05, 3.63) is 42.7 Å². The van der Waals surface area contributed by atoms with E-state index in [2.05, 4.69) is 15.4 Å². The van der Waals surface area contributed by atoms with E-state index in [0.717, 1.165) is 16.4 Å². The van der Waals surface area contributed by atoms with E-state index in [1.807, 2.05) is 6.92 Å². The van der Waals surface area contributed by atoms with Gasteiger partial charge in [-0.05, 0) is 37.6 Å². The highest BCUT2D eigenvalue weighted by Gasteiger charge is 2.20. The average molecular weight is 383 g/mol. The molecule has 1 aromatic heterocycles. The summed E-state index contributed by atoms with van der Waals surface area (Å²) in [6.45, 7) is 2.54. The van der Waals surface area contributed by atoms with Crippen LogP contribution in [-0.2, 0) is 21.4 Å². The van der Waals surface area contributed by atoms with Crippen LogP contribution in [0.15, 0.2) is 41.8 Å². The fraction of sp³-hybridized carbons (Fsp3) is 0.438. The van der Waals surface area contributed by atoms with Gasteiger partial charge in [0.1, 0.15) is 18.5 Å². The molecule has 142 valence electrons. The Morgan fingerprint density at radius 1 is 1.35 bits per heavy atom. The summed E-state index contributed by atoms with van der Waals surface area (Å²) in [4.78, 5) is 15.8. The number of benzene rings is 1. The molecule has 0 aliphatic carbocycles. The third kappa shape index (κ3) is 5.60. The third-order valence-electron chi connectivity index (χ3n) is 3.73. The van der Waals surface area contributed by atoms with Gasteiger partial charge in [-0.15, -0.1) is 0 Å². The van der Waals surface area contributed by atoms with Crippen molar-refractivity contribution in [3.8, 4) is 0 Å². The monoisotopic (exact) mass is 383 g/mol. The minimum atomic E-state index is -3.69. The highest BCUT2D eigenvalue weighted by atomic mass is 32.2. The van der Waals surface area contributed by atoms with Crippen molar-refractivity contribution >= 4 is 15.9 Å². The first-order valence-corrected chi connectivity index (χ1v) is 9.56. The van der Waals surface area contributed by atoms with Crippen LogP contribution in [0, 0.1) is 5.82 Å². The molecule has 0 fully saturated rings. The molecule has 26 heavy (non-hydrogen) atoms. The van der Waals surface area contributed by atoms with Crippen LogP contribution in [0.4, 0.5) is 4.39 Å². The van der Waals surface area contributed by atoms with Crippen molar-refractivity contribution in [1.82, 2.24) is 24.4 Å². The van der Waals surface area contributed by atoms with Crippen LogP contribution in [-0.4, -0.2) is 53.0 Å². The van der Waals surface area contributed by atoms with Gasteiger partial charge in [-0.2, -0.15) is 5.10 Å². The lowest BCUT2D eigenvalue weighted by molar-refractivity contribution is -0.121. The van der Waals surface area contributed by atoms with Gasteiger partial charge in [0.05, 0.1) is 11.4 Å². The van der Waals surface area contributed by atoms with E-state index < -0.39 is 15.8 Å². The molecule has 1 atom stereocenters. The molecule has 0 spiro atoms. The van der Waals surface area contributed by atoms with Crippen LogP contribution >= 0.6 is 0 Å². The molecule has 1 aromatic carbocycles. The smallest absolute Gasteiger partial charge is 0.242 e. The van der Waals surface area contributed by atoms with Crippen molar-refractivity contribution in [1.29, 1.82) is 0 Å². The van der Waals surface area contributed by atoms with Gasteiger partial charge in [-0.1, -0.05) is 0 Å². The zero-order chi connectivity index (χ0) is 19.2. The average Bonchev–Trinajstić information content (AvgIpc) is 3.07. The maximum atomic E-state index is 12.9. The van der Waals surface area contributed by atoms with Gasteiger partial charge in [-0.25, -0.2) is 22.1 Å². The fourth-order valence-corrected chi connectivity index (χ4v) is 3.58. The van der Waals surface area contributed by atoms with Crippen molar-refractivity contribution < 1.29 is 17.6 Å². The zero-order valence-electron chi connectivity index (χ0n) is 14.7. The first-order chi connectivity index (χ1) is 12.3. The number of sulfonamides is 1. The Morgan fingerprint density at radius 2 is 2.04 bits per heavy atom. The van der Waals surface area contributed by atoms with Crippen molar-refractivity contribution in [2.75, 3.05) is 13.6 Å². The normalized spacial score (nSPS) is 12.9. The van der Waals surface area contributed by atoms with E-state index in [4.69, 9.17) is 0 Å². The molecule has 0 aliphatic heterocycles. The minimum absolute atomic E-state index is 0.0207. The maximum Gasteiger partial charge on any atom is 0.242 e. The second-order valence-electron chi connectivity index (χ2n) is 5.97. The summed E-state index contributed by atoms with van der Waals surface area (Å²) < 4.78 is 40.4. The third-order valence-corrected chi connectivity index (χ3v) is 5.60. The van der Waals surface area contributed by atoms with E-state index in [0.29, 0.717) is 13.0 Å². The first-order valence-electron chi connectivity index (χ1n) is 8.12. The Kier molecular flexibility index (Phi) is 6.81. The summed E-state index contributed by atoms with van der Waals surface area (Å²) in [7, 11) is -2.26. The van der Waals surface area contributed by atoms with Crippen LogP contribution < -0.4 is 5.32 Å². The lowest BCUT2D eigenvalue weighted by atomic mass is 10.2. The second kappa shape index (κ2) is 8.86. The molecule has 2 aromatic rings. The van der Waals surface area contributed by atoms with Crippen LogP contribution in [0.2, 0.25) is 0 Å². The summed E-state index contributed by atoms with van der Waals surface area (Å²) >= 11 is 0. The molecule has 1 amide bonds. The minimum Gasteiger partial charge on any atom is -0.352 e. The lowest BCUT2D eigenvalue weighted by Crippen LogP contribution is -2.36. The van der Waals surface area contributed by atoms with Crippen LogP contribution in [0.3, 0.4) is 0 Å². The standard InChI is InChI=1S/C16H22FN5O3S/c1-13(10-22-12-18-11-19-22)20-16(23)4-3-9-21(2)26(24,25)15-7-5-14(17)6-8-15/h5-8,11-13H,3-4,9-10H2,1-2H3,(H,20,23). The molecule has 10 heteroatoms. The Bertz CT molecular complexity index is 809. The van der Waals surface area contributed by atoms with Gasteiger partial charge in [0.15, 0.2) is 0 Å². The molecule has 0 radical (unpaired) electrons. The van der Waals surface area contributed by atoms with Gasteiger partial charge < -0.3 is 5.32 Å². The summed E-state index contributed by atoms with van der Waals surface area (Å²) in [6, 6.07) is 4.53. The van der Waals surface area contributed by atoms with Crippen molar-refractivity contribution in [2.45, 2.75) is 37.2 Å².